The van der Waals surface area contributed by atoms with Gasteiger partial charge in [-0.05, 0) is 37.3 Å². The molecule has 1 atom stereocenters. The van der Waals surface area contributed by atoms with Gasteiger partial charge in [-0.15, -0.1) is 11.3 Å². The van der Waals surface area contributed by atoms with Crippen LogP contribution in [0.2, 0.25) is 0 Å². The minimum Gasteiger partial charge on any atom is -0.481 e. The number of aliphatic carboxylic acids is 1. The van der Waals surface area contributed by atoms with Gasteiger partial charge in [0.15, 0.2) is 0 Å². The van der Waals surface area contributed by atoms with Crippen LogP contribution in [-0.2, 0) is 22.4 Å². The average molecular weight is 398 g/mol. The Labute approximate surface area is 167 Å². The predicted octanol–water partition coefficient (Wildman–Crippen LogP) is 3.62. The molecule has 0 radical (unpaired) electrons. The number of hydrogen-bond acceptors (Lipinski definition) is 5. The second-order valence-corrected chi connectivity index (χ2v) is 7.66. The first kappa shape index (κ1) is 19.8. The Balaban J connectivity index is 1.58. The third-order valence-corrected chi connectivity index (χ3v) is 5.27. The van der Waals surface area contributed by atoms with Gasteiger partial charge in [-0.25, -0.2) is 4.98 Å². The van der Waals surface area contributed by atoms with Crippen LogP contribution in [0.4, 0.5) is 0 Å². The lowest BCUT2D eigenvalue weighted by atomic mass is 9.98. The Hall–Kier alpha value is -2.93. The SMILES string of the molecule is Cc1cccc(CC(CNC(=O)Cc2nc(-c3cccs3)oc2C)C(=O)O)c1. The first-order valence-electron chi connectivity index (χ1n) is 8.97. The minimum atomic E-state index is -0.931. The zero-order chi connectivity index (χ0) is 20.1. The van der Waals surface area contributed by atoms with Gasteiger partial charge in [-0.1, -0.05) is 35.9 Å². The maximum Gasteiger partial charge on any atom is 0.308 e. The van der Waals surface area contributed by atoms with Crippen molar-refractivity contribution in [2.24, 2.45) is 5.92 Å². The molecule has 1 aromatic carbocycles. The number of carboxylic acid groups (broad SMARTS) is 1. The summed E-state index contributed by atoms with van der Waals surface area (Å²) in [5, 5.41) is 14.1. The van der Waals surface area contributed by atoms with Gasteiger partial charge in [0.25, 0.3) is 0 Å². The van der Waals surface area contributed by atoms with Crippen molar-refractivity contribution in [3.63, 3.8) is 0 Å². The van der Waals surface area contributed by atoms with Crippen molar-refractivity contribution < 1.29 is 19.1 Å². The normalized spacial score (nSPS) is 11.9. The van der Waals surface area contributed by atoms with Gasteiger partial charge < -0.3 is 14.8 Å². The molecule has 2 heterocycles. The summed E-state index contributed by atoms with van der Waals surface area (Å²) in [5.74, 6) is -0.805. The lowest BCUT2D eigenvalue weighted by Gasteiger charge is -2.14. The molecule has 146 valence electrons. The summed E-state index contributed by atoms with van der Waals surface area (Å²) in [7, 11) is 0. The van der Waals surface area contributed by atoms with E-state index in [0.29, 0.717) is 23.8 Å². The molecule has 0 spiro atoms. The van der Waals surface area contributed by atoms with Crippen LogP contribution in [0, 0.1) is 19.8 Å². The van der Waals surface area contributed by atoms with Crippen molar-refractivity contribution >= 4 is 23.2 Å². The summed E-state index contributed by atoms with van der Waals surface area (Å²) in [6, 6.07) is 11.5. The van der Waals surface area contributed by atoms with Crippen molar-refractivity contribution in [1.29, 1.82) is 0 Å². The smallest absolute Gasteiger partial charge is 0.308 e. The fourth-order valence-corrected chi connectivity index (χ4v) is 3.57. The second kappa shape index (κ2) is 8.84. The number of hydrogen-bond donors (Lipinski definition) is 2. The van der Waals surface area contributed by atoms with Crippen LogP contribution in [0.15, 0.2) is 46.2 Å². The number of carbonyl (C=O) groups is 2. The molecule has 0 saturated heterocycles. The maximum absolute atomic E-state index is 12.3. The standard InChI is InChI=1S/C21H22N2O4S/c1-13-5-3-6-15(9-13)10-16(21(25)26)12-22-19(24)11-17-14(2)27-20(23-17)18-7-4-8-28-18/h3-9,16H,10-12H2,1-2H3,(H,22,24)(H,25,26). The third-order valence-electron chi connectivity index (χ3n) is 4.41. The average Bonchev–Trinajstić information content (AvgIpc) is 3.29. The number of rotatable bonds is 8. The molecule has 2 aromatic heterocycles. The van der Waals surface area contributed by atoms with E-state index in [9.17, 15) is 14.7 Å². The second-order valence-electron chi connectivity index (χ2n) is 6.71. The van der Waals surface area contributed by atoms with E-state index in [1.165, 1.54) is 11.3 Å². The van der Waals surface area contributed by atoms with Crippen LogP contribution in [0.1, 0.15) is 22.6 Å². The topological polar surface area (TPSA) is 92.4 Å². The molecule has 1 unspecified atom stereocenters. The summed E-state index contributed by atoms with van der Waals surface area (Å²) in [6.45, 7) is 3.80. The van der Waals surface area contributed by atoms with Crippen LogP contribution < -0.4 is 5.32 Å². The van der Waals surface area contributed by atoms with E-state index in [1.54, 1.807) is 6.92 Å². The van der Waals surface area contributed by atoms with Gasteiger partial charge in [0.2, 0.25) is 11.8 Å². The molecule has 2 N–H and O–H groups in total. The van der Waals surface area contributed by atoms with Gasteiger partial charge in [0, 0.05) is 6.54 Å². The molecule has 0 aliphatic rings. The molecule has 3 aromatic rings. The molecule has 28 heavy (non-hydrogen) atoms. The summed E-state index contributed by atoms with van der Waals surface area (Å²) < 4.78 is 5.64. The summed E-state index contributed by atoms with van der Waals surface area (Å²) in [5.41, 5.74) is 2.58. The Bertz CT molecular complexity index is 963. The van der Waals surface area contributed by atoms with Crippen molar-refractivity contribution in [2.45, 2.75) is 26.7 Å². The molecule has 1 amide bonds. The molecule has 0 bridgehead atoms. The Morgan fingerprint density at radius 3 is 2.75 bits per heavy atom. The number of amides is 1. The van der Waals surface area contributed by atoms with Crippen LogP contribution in [-0.4, -0.2) is 28.5 Å². The highest BCUT2D eigenvalue weighted by atomic mass is 32.1. The molecule has 3 rings (SSSR count). The molecule has 7 heteroatoms. The van der Waals surface area contributed by atoms with Crippen molar-refractivity contribution in [3.8, 4) is 10.8 Å². The number of nitrogens with one attached hydrogen (secondary N) is 1. The summed E-state index contributed by atoms with van der Waals surface area (Å²) in [4.78, 5) is 29.2. The van der Waals surface area contributed by atoms with Crippen molar-refractivity contribution in [1.82, 2.24) is 10.3 Å². The molecular weight excluding hydrogens is 376 g/mol. The predicted molar refractivity (Wildman–Crippen MR) is 107 cm³/mol. The largest absolute Gasteiger partial charge is 0.481 e. The first-order chi connectivity index (χ1) is 13.4. The van der Waals surface area contributed by atoms with Crippen LogP contribution in [0.5, 0.6) is 0 Å². The molecule has 0 aliphatic carbocycles. The highest BCUT2D eigenvalue weighted by Gasteiger charge is 2.20. The number of benzene rings is 1. The number of oxazole rings is 1. The Kier molecular flexibility index (Phi) is 6.26. The minimum absolute atomic E-state index is 0.0531. The highest BCUT2D eigenvalue weighted by Crippen LogP contribution is 2.26. The van der Waals surface area contributed by atoms with E-state index < -0.39 is 11.9 Å². The van der Waals surface area contributed by atoms with E-state index in [4.69, 9.17) is 4.42 Å². The van der Waals surface area contributed by atoms with Gasteiger partial charge in [0.05, 0.1) is 22.9 Å². The van der Waals surface area contributed by atoms with Crippen molar-refractivity contribution in [3.05, 3.63) is 64.4 Å². The Morgan fingerprint density at radius 1 is 1.25 bits per heavy atom. The number of carboxylic acids is 1. The van der Waals surface area contributed by atoms with Gasteiger partial charge in [-0.2, -0.15) is 0 Å². The number of carbonyl (C=O) groups excluding carboxylic acids is 1. The number of thiophene rings is 1. The number of aryl methyl sites for hydroxylation is 2. The molecule has 6 nitrogen and oxygen atoms in total. The summed E-state index contributed by atoms with van der Waals surface area (Å²) >= 11 is 1.51. The molecule has 0 saturated carbocycles. The van der Waals surface area contributed by atoms with Gasteiger partial charge >= 0.3 is 5.97 Å². The summed E-state index contributed by atoms with van der Waals surface area (Å²) in [6.07, 6.45) is 0.417. The van der Waals surface area contributed by atoms with E-state index in [-0.39, 0.29) is 18.9 Å². The van der Waals surface area contributed by atoms with Crippen LogP contribution in [0.3, 0.4) is 0 Å². The lowest BCUT2D eigenvalue weighted by molar-refractivity contribution is -0.141. The first-order valence-corrected chi connectivity index (χ1v) is 9.85. The van der Waals surface area contributed by atoms with E-state index in [2.05, 4.69) is 10.3 Å². The quantitative estimate of drug-likeness (QED) is 0.605. The fraction of sp³-hybridized carbons (Fsp3) is 0.286. The third kappa shape index (κ3) is 5.07. The van der Waals surface area contributed by atoms with Crippen LogP contribution >= 0.6 is 11.3 Å². The van der Waals surface area contributed by atoms with E-state index in [0.717, 1.165) is 16.0 Å². The molecule has 0 fully saturated rings. The zero-order valence-electron chi connectivity index (χ0n) is 15.8. The molecular formula is C21H22N2O4S. The van der Waals surface area contributed by atoms with E-state index in [1.807, 2.05) is 48.7 Å². The van der Waals surface area contributed by atoms with Crippen molar-refractivity contribution in [2.75, 3.05) is 6.54 Å². The number of nitrogens with zero attached hydrogens (tertiary/aromatic N) is 1. The van der Waals surface area contributed by atoms with Gasteiger partial charge in [-0.3, -0.25) is 9.59 Å². The molecule has 0 aliphatic heterocycles. The van der Waals surface area contributed by atoms with Crippen LogP contribution in [0.25, 0.3) is 10.8 Å². The van der Waals surface area contributed by atoms with Gasteiger partial charge in [0.1, 0.15) is 5.76 Å². The monoisotopic (exact) mass is 398 g/mol. The highest BCUT2D eigenvalue weighted by molar-refractivity contribution is 7.13. The zero-order valence-corrected chi connectivity index (χ0v) is 16.6. The lowest BCUT2D eigenvalue weighted by Crippen LogP contribution is -2.35. The Morgan fingerprint density at radius 2 is 2.07 bits per heavy atom. The van der Waals surface area contributed by atoms with E-state index >= 15 is 0 Å². The fourth-order valence-electron chi connectivity index (χ4n) is 2.92. The number of aromatic nitrogens is 1. The maximum atomic E-state index is 12.3.